The summed E-state index contributed by atoms with van der Waals surface area (Å²) in [6, 6.07) is 2.08. The number of nitrogens with two attached hydrogens (primary N) is 1. The zero-order chi connectivity index (χ0) is 6.91. The number of likely N-dealkylation sites (tertiary alicyclic amines) is 1. The predicted octanol–water partition coefficient (Wildman–Crippen LogP) is -0.457. The van der Waals surface area contributed by atoms with E-state index in [1.54, 1.807) is 0 Å². The van der Waals surface area contributed by atoms with Crippen LogP contribution in [0.2, 0.25) is 0 Å². The van der Waals surface area contributed by atoms with E-state index in [2.05, 4.69) is 11.0 Å². The van der Waals surface area contributed by atoms with Crippen LogP contribution in [0.4, 0.5) is 0 Å². The van der Waals surface area contributed by atoms with Gasteiger partial charge in [-0.15, -0.1) is 0 Å². The Labute approximate surface area is 55.1 Å². The second-order valence-corrected chi connectivity index (χ2v) is 2.87. The van der Waals surface area contributed by atoms with Crippen molar-refractivity contribution < 1.29 is 0 Å². The molecule has 1 fully saturated rings. The topological polar surface area (TPSA) is 53.0 Å². The summed E-state index contributed by atoms with van der Waals surface area (Å²) < 4.78 is 0. The molecule has 1 aliphatic heterocycles. The van der Waals surface area contributed by atoms with Crippen molar-refractivity contribution in [2.24, 2.45) is 5.73 Å². The van der Waals surface area contributed by atoms with Crippen molar-refractivity contribution in [1.29, 1.82) is 5.26 Å². The molecule has 0 spiro atoms. The fourth-order valence-electron chi connectivity index (χ4n) is 1.30. The maximum Gasteiger partial charge on any atom is 0.0642 e. The van der Waals surface area contributed by atoms with Gasteiger partial charge in [-0.05, 0) is 7.05 Å². The molecular formula is C6H11N3. The molecule has 0 atom stereocenters. The van der Waals surface area contributed by atoms with Crippen molar-refractivity contribution in [1.82, 2.24) is 4.90 Å². The van der Waals surface area contributed by atoms with Crippen molar-refractivity contribution in [3.8, 4) is 6.07 Å². The molecule has 0 aromatic carbocycles. The number of nitrogens with zero attached hydrogens (tertiary/aromatic N) is 2. The molecule has 1 saturated heterocycles. The first-order chi connectivity index (χ1) is 4.16. The van der Waals surface area contributed by atoms with Crippen molar-refractivity contribution in [2.75, 3.05) is 20.1 Å². The standard InChI is InChI=1S/C6H11N3/c1-9-4-6(8,5-9)2-3-7/h2,4-5,8H2,1H3. The van der Waals surface area contributed by atoms with Gasteiger partial charge in [0.2, 0.25) is 0 Å². The van der Waals surface area contributed by atoms with Gasteiger partial charge < -0.3 is 10.6 Å². The first-order valence-corrected chi connectivity index (χ1v) is 3.01. The van der Waals surface area contributed by atoms with E-state index in [1.807, 2.05) is 7.05 Å². The monoisotopic (exact) mass is 125 g/mol. The minimum atomic E-state index is -0.191. The Hall–Kier alpha value is -0.590. The number of hydrogen-bond donors (Lipinski definition) is 1. The highest BCUT2D eigenvalue weighted by Crippen LogP contribution is 2.18. The molecule has 3 heteroatoms. The molecule has 0 aromatic heterocycles. The Morgan fingerprint density at radius 2 is 2.33 bits per heavy atom. The summed E-state index contributed by atoms with van der Waals surface area (Å²) in [6.07, 6.45) is 0.483. The third-order valence-corrected chi connectivity index (χ3v) is 1.60. The average molecular weight is 125 g/mol. The zero-order valence-corrected chi connectivity index (χ0v) is 5.59. The molecule has 1 aliphatic rings. The van der Waals surface area contributed by atoms with Crippen LogP contribution in [0.25, 0.3) is 0 Å². The van der Waals surface area contributed by atoms with Crippen LogP contribution in [0.5, 0.6) is 0 Å². The van der Waals surface area contributed by atoms with Gasteiger partial charge in [0.1, 0.15) is 0 Å². The summed E-state index contributed by atoms with van der Waals surface area (Å²) in [5.41, 5.74) is 5.55. The molecule has 0 radical (unpaired) electrons. The summed E-state index contributed by atoms with van der Waals surface area (Å²) in [6.45, 7) is 1.72. The molecular weight excluding hydrogens is 114 g/mol. The van der Waals surface area contributed by atoms with Gasteiger partial charge in [-0.1, -0.05) is 0 Å². The van der Waals surface area contributed by atoms with Crippen LogP contribution in [0.3, 0.4) is 0 Å². The third-order valence-electron chi connectivity index (χ3n) is 1.60. The summed E-state index contributed by atoms with van der Waals surface area (Å²) in [5, 5.41) is 8.30. The van der Waals surface area contributed by atoms with Gasteiger partial charge in [0.15, 0.2) is 0 Å². The van der Waals surface area contributed by atoms with Crippen LogP contribution in [0.1, 0.15) is 6.42 Å². The molecule has 3 nitrogen and oxygen atoms in total. The van der Waals surface area contributed by atoms with Gasteiger partial charge in [-0.2, -0.15) is 5.26 Å². The highest BCUT2D eigenvalue weighted by Gasteiger charge is 2.36. The summed E-state index contributed by atoms with van der Waals surface area (Å²) >= 11 is 0. The van der Waals surface area contributed by atoms with E-state index in [1.165, 1.54) is 0 Å². The van der Waals surface area contributed by atoms with Gasteiger partial charge in [0.25, 0.3) is 0 Å². The lowest BCUT2D eigenvalue weighted by Crippen LogP contribution is -2.65. The van der Waals surface area contributed by atoms with Gasteiger partial charge >= 0.3 is 0 Å². The van der Waals surface area contributed by atoms with Crippen LogP contribution in [0, 0.1) is 11.3 Å². The Morgan fingerprint density at radius 3 is 2.67 bits per heavy atom. The van der Waals surface area contributed by atoms with Gasteiger partial charge in [0, 0.05) is 13.1 Å². The molecule has 1 heterocycles. The smallest absolute Gasteiger partial charge is 0.0642 e. The van der Waals surface area contributed by atoms with Crippen LogP contribution >= 0.6 is 0 Å². The normalized spacial score (nSPS) is 24.6. The van der Waals surface area contributed by atoms with E-state index in [0.717, 1.165) is 13.1 Å². The van der Waals surface area contributed by atoms with Gasteiger partial charge in [-0.3, -0.25) is 0 Å². The minimum Gasteiger partial charge on any atom is -0.322 e. The molecule has 1 rings (SSSR count). The summed E-state index contributed by atoms with van der Waals surface area (Å²) in [4.78, 5) is 2.11. The average Bonchev–Trinajstić information content (AvgIpc) is 1.62. The largest absolute Gasteiger partial charge is 0.322 e. The number of nitriles is 1. The highest BCUT2D eigenvalue weighted by molar-refractivity contribution is 5.03. The fraction of sp³-hybridized carbons (Fsp3) is 0.833. The molecule has 0 saturated carbocycles. The van der Waals surface area contributed by atoms with E-state index in [4.69, 9.17) is 11.0 Å². The van der Waals surface area contributed by atoms with Crippen molar-refractivity contribution in [3.05, 3.63) is 0 Å². The lowest BCUT2D eigenvalue weighted by Gasteiger charge is -2.44. The Morgan fingerprint density at radius 1 is 1.78 bits per heavy atom. The van der Waals surface area contributed by atoms with E-state index in [-0.39, 0.29) is 5.54 Å². The summed E-state index contributed by atoms with van der Waals surface area (Å²) in [5.74, 6) is 0. The maximum absolute atomic E-state index is 8.30. The van der Waals surface area contributed by atoms with Gasteiger partial charge in [0.05, 0.1) is 18.0 Å². The Balaban J connectivity index is 2.34. The van der Waals surface area contributed by atoms with E-state index in [9.17, 15) is 0 Å². The first kappa shape index (κ1) is 6.53. The second kappa shape index (κ2) is 1.98. The molecule has 0 bridgehead atoms. The molecule has 0 aromatic rings. The van der Waals surface area contributed by atoms with Crippen LogP contribution < -0.4 is 5.73 Å². The SMILES string of the molecule is CN1CC(N)(CC#N)C1. The molecule has 2 N–H and O–H groups in total. The molecule has 0 aliphatic carbocycles. The predicted molar refractivity (Wildman–Crippen MR) is 34.6 cm³/mol. The van der Waals surface area contributed by atoms with Crippen LogP contribution in [-0.4, -0.2) is 30.6 Å². The van der Waals surface area contributed by atoms with E-state index >= 15 is 0 Å². The Bertz CT molecular complexity index is 141. The van der Waals surface area contributed by atoms with Crippen molar-refractivity contribution in [2.45, 2.75) is 12.0 Å². The fourth-order valence-corrected chi connectivity index (χ4v) is 1.30. The van der Waals surface area contributed by atoms with Crippen LogP contribution in [-0.2, 0) is 0 Å². The Kier molecular flexibility index (Phi) is 1.43. The first-order valence-electron chi connectivity index (χ1n) is 3.01. The zero-order valence-electron chi connectivity index (χ0n) is 5.59. The van der Waals surface area contributed by atoms with Gasteiger partial charge in [-0.25, -0.2) is 0 Å². The van der Waals surface area contributed by atoms with E-state index < -0.39 is 0 Å². The lowest BCUT2D eigenvalue weighted by atomic mass is 9.89. The molecule has 9 heavy (non-hydrogen) atoms. The molecule has 0 amide bonds. The third kappa shape index (κ3) is 1.21. The lowest BCUT2D eigenvalue weighted by molar-refractivity contribution is 0.103. The molecule has 0 unspecified atom stereocenters. The number of rotatable bonds is 1. The highest BCUT2D eigenvalue weighted by atomic mass is 15.2. The van der Waals surface area contributed by atoms with Crippen LogP contribution in [0.15, 0.2) is 0 Å². The minimum absolute atomic E-state index is 0.191. The van der Waals surface area contributed by atoms with Crippen molar-refractivity contribution in [3.63, 3.8) is 0 Å². The number of likely N-dealkylation sites (N-methyl/N-ethyl adjacent to an activating group) is 1. The summed E-state index contributed by atoms with van der Waals surface area (Å²) in [7, 11) is 2.00. The molecule has 50 valence electrons. The second-order valence-electron chi connectivity index (χ2n) is 2.87. The van der Waals surface area contributed by atoms with E-state index in [0.29, 0.717) is 6.42 Å². The quantitative estimate of drug-likeness (QED) is 0.516. The maximum atomic E-state index is 8.30. The van der Waals surface area contributed by atoms with Crippen molar-refractivity contribution >= 4 is 0 Å². The number of hydrogen-bond acceptors (Lipinski definition) is 3.